The lowest BCUT2D eigenvalue weighted by Crippen LogP contribution is -2.53. The van der Waals surface area contributed by atoms with Gasteiger partial charge in [0, 0.05) is 25.7 Å². The number of aromatic nitrogens is 1. The minimum atomic E-state index is -4.37. The van der Waals surface area contributed by atoms with E-state index in [4.69, 9.17) is 0 Å². The van der Waals surface area contributed by atoms with Crippen LogP contribution in [0.1, 0.15) is 19.5 Å². The van der Waals surface area contributed by atoms with Crippen molar-refractivity contribution in [2.45, 2.75) is 26.1 Å². The Bertz CT molecular complexity index is 414. The van der Waals surface area contributed by atoms with Gasteiger partial charge in [0.2, 0.25) is 0 Å². The van der Waals surface area contributed by atoms with Crippen LogP contribution in [0.25, 0.3) is 0 Å². The number of hydrogen-bond donors (Lipinski definition) is 1. The van der Waals surface area contributed by atoms with Crippen LogP contribution in [-0.4, -0.2) is 30.7 Å². The van der Waals surface area contributed by atoms with E-state index in [1.54, 1.807) is 0 Å². The second-order valence-electron chi connectivity index (χ2n) is 5.15. The van der Waals surface area contributed by atoms with Crippen molar-refractivity contribution in [2.75, 3.05) is 24.5 Å². The molecule has 1 aliphatic heterocycles. The molecule has 1 aromatic rings. The molecule has 1 atom stereocenters. The number of nitrogens with one attached hydrogen (secondary N) is 1. The maximum Gasteiger partial charge on any atom is 0.433 e. The van der Waals surface area contributed by atoms with Crippen LogP contribution in [0.15, 0.2) is 18.3 Å². The van der Waals surface area contributed by atoms with E-state index in [9.17, 15) is 13.2 Å². The summed E-state index contributed by atoms with van der Waals surface area (Å²) in [6.07, 6.45) is -3.06. The van der Waals surface area contributed by atoms with Gasteiger partial charge in [0.25, 0.3) is 0 Å². The second kappa shape index (κ2) is 5.36. The summed E-state index contributed by atoms with van der Waals surface area (Å²) in [7, 11) is 0. The van der Waals surface area contributed by atoms with Gasteiger partial charge in [-0.15, -0.1) is 0 Å². The van der Waals surface area contributed by atoms with Crippen molar-refractivity contribution in [1.29, 1.82) is 0 Å². The molecule has 0 amide bonds. The van der Waals surface area contributed by atoms with Gasteiger partial charge in [0.15, 0.2) is 0 Å². The van der Waals surface area contributed by atoms with Gasteiger partial charge in [0.1, 0.15) is 5.69 Å². The Morgan fingerprint density at radius 2 is 2.11 bits per heavy atom. The van der Waals surface area contributed by atoms with Gasteiger partial charge in [-0.3, -0.25) is 0 Å². The molecule has 1 saturated heterocycles. The fourth-order valence-corrected chi connectivity index (χ4v) is 2.20. The van der Waals surface area contributed by atoms with Crippen LogP contribution < -0.4 is 10.2 Å². The van der Waals surface area contributed by atoms with Gasteiger partial charge < -0.3 is 10.2 Å². The van der Waals surface area contributed by atoms with Crippen LogP contribution in [-0.2, 0) is 6.18 Å². The normalized spacial score (nSPS) is 20.9. The topological polar surface area (TPSA) is 28.2 Å². The van der Waals surface area contributed by atoms with Crippen molar-refractivity contribution < 1.29 is 13.2 Å². The quantitative estimate of drug-likeness (QED) is 0.897. The van der Waals surface area contributed by atoms with Crippen LogP contribution in [0.4, 0.5) is 18.9 Å². The van der Waals surface area contributed by atoms with Crippen LogP contribution in [0.2, 0.25) is 0 Å². The zero-order valence-electron chi connectivity index (χ0n) is 11.0. The molecule has 1 aromatic heterocycles. The Labute approximate surface area is 110 Å². The first-order chi connectivity index (χ1) is 8.88. The SMILES string of the molecule is CC(C)C1CN(c2ccc(C(F)(F)F)nc2)CCN1. The Morgan fingerprint density at radius 3 is 2.63 bits per heavy atom. The number of nitrogens with zero attached hydrogens (tertiary/aromatic N) is 2. The van der Waals surface area contributed by atoms with Crippen LogP contribution in [0.5, 0.6) is 0 Å². The van der Waals surface area contributed by atoms with Gasteiger partial charge in [-0.25, -0.2) is 4.98 Å². The third-order valence-corrected chi connectivity index (χ3v) is 3.41. The number of anilines is 1. The lowest BCUT2D eigenvalue weighted by Gasteiger charge is -2.37. The minimum absolute atomic E-state index is 0.357. The average Bonchev–Trinajstić information content (AvgIpc) is 2.38. The standard InChI is InChI=1S/C13H18F3N3/c1-9(2)11-8-19(6-5-17-11)10-3-4-12(18-7-10)13(14,15)16/h3-4,7,9,11,17H,5-6,8H2,1-2H3. The molecule has 1 aliphatic rings. The van der Waals surface area contributed by atoms with Crippen molar-refractivity contribution in [1.82, 2.24) is 10.3 Å². The molecule has 1 N–H and O–H groups in total. The molecule has 6 heteroatoms. The van der Waals surface area contributed by atoms with Crippen molar-refractivity contribution in [2.24, 2.45) is 5.92 Å². The van der Waals surface area contributed by atoms with Gasteiger partial charge in [-0.1, -0.05) is 13.8 Å². The van der Waals surface area contributed by atoms with E-state index >= 15 is 0 Å². The summed E-state index contributed by atoms with van der Waals surface area (Å²) in [6.45, 7) is 6.68. The molecule has 0 bridgehead atoms. The summed E-state index contributed by atoms with van der Waals surface area (Å²) in [5.41, 5.74) is -0.0908. The predicted octanol–water partition coefficient (Wildman–Crippen LogP) is 2.53. The van der Waals surface area contributed by atoms with E-state index in [1.807, 2.05) is 0 Å². The maximum atomic E-state index is 12.4. The molecule has 0 saturated carbocycles. The minimum Gasteiger partial charge on any atom is -0.367 e. The van der Waals surface area contributed by atoms with Gasteiger partial charge >= 0.3 is 6.18 Å². The summed E-state index contributed by atoms with van der Waals surface area (Å²) in [6, 6.07) is 2.90. The fraction of sp³-hybridized carbons (Fsp3) is 0.615. The Balaban J connectivity index is 2.10. The van der Waals surface area contributed by atoms with E-state index in [0.717, 1.165) is 31.4 Å². The molecule has 2 heterocycles. The lowest BCUT2D eigenvalue weighted by atomic mass is 10.0. The van der Waals surface area contributed by atoms with E-state index in [-0.39, 0.29) is 0 Å². The molecule has 0 spiro atoms. The maximum absolute atomic E-state index is 12.4. The molecule has 106 valence electrons. The number of pyridine rings is 1. The zero-order valence-corrected chi connectivity index (χ0v) is 11.0. The first-order valence-corrected chi connectivity index (χ1v) is 6.39. The number of rotatable bonds is 2. The summed E-state index contributed by atoms with van der Waals surface area (Å²) >= 11 is 0. The van der Waals surface area contributed by atoms with Crippen LogP contribution in [0, 0.1) is 5.92 Å². The monoisotopic (exact) mass is 273 g/mol. The van der Waals surface area contributed by atoms with E-state index < -0.39 is 11.9 Å². The van der Waals surface area contributed by atoms with Gasteiger partial charge in [0.05, 0.1) is 11.9 Å². The summed E-state index contributed by atoms with van der Waals surface area (Å²) in [4.78, 5) is 5.59. The molecule has 1 unspecified atom stereocenters. The number of halogens is 3. The summed E-state index contributed by atoms with van der Waals surface area (Å²) in [5.74, 6) is 0.491. The summed E-state index contributed by atoms with van der Waals surface area (Å²) < 4.78 is 37.3. The lowest BCUT2D eigenvalue weighted by molar-refractivity contribution is -0.141. The zero-order chi connectivity index (χ0) is 14.0. The van der Waals surface area contributed by atoms with Crippen molar-refractivity contribution in [3.63, 3.8) is 0 Å². The van der Waals surface area contributed by atoms with Gasteiger partial charge in [-0.05, 0) is 18.1 Å². The first-order valence-electron chi connectivity index (χ1n) is 6.39. The smallest absolute Gasteiger partial charge is 0.367 e. The highest BCUT2D eigenvalue weighted by Crippen LogP contribution is 2.28. The Morgan fingerprint density at radius 1 is 1.37 bits per heavy atom. The largest absolute Gasteiger partial charge is 0.433 e. The molecular formula is C13H18F3N3. The van der Waals surface area contributed by atoms with E-state index in [2.05, 4.69) is 29.0 Å². The Hall–Kier alpha value is -1.30. The number of hydrogen-bond acceptors (Lipinski definition) is 3. The summed E-state index contributed by atoms with van der Waals surface area (Å²) in [5, 5.41) is 3.41. The molecule has 0 aromatic carbocycles. The predicted molar refractivity (Wildman–Crippen MR) is 68.1 cm³/mol. The fourth-order valence-electron chi connectivity index (χ4n) is 2.20. The van der Waals surface area contributed by atoms with Crippen LogP contribution >= 0.6 is 0 Å². The van der Waals surface area contributed by atoms with Crippen molar-refractivity contribution in [3.8, 4) is 0 Å². The number of alkyl halides is 3. The molecule has 19 heavy (non-hydrogen) atoms. The highest BCUT2D eigenvalue weighted by Gasteiger charge is 2.32. The van der Waals surface area contributed by atoms with Crippen molar-refractivity contribution in [3.05, 3.63) is 24.0 Å². The van der Waals surface area contributed by atoms with E-state index in [0.29, 0.717) is 12.0 Å². The molecule has 0 aliphatic carbocycles. The second-order valence-corrected chi connectivity index (χ2v) is 5.15. The van der Waals surface area contributed by atoms with Crippen LogP contribution in [0.3, 0.4) is 0 Å². The molecule has 2 rings (SSSR count). The van der Waals surface area contributed by atoms with E-state index in [1.165, 1.54) is 12.3 Å². The Kier molecular flexibility index (Phi) is 3.99. The third kappa shape index (κ3) is 3.37. The third-order valence-electron chi connectivity index (χ3n) is 3.41. The molecule has 3 nitrogen and oxygen atoms in total. The average molecular weight is 273 g/mol. The highest BCUT2D eigenvalue weighted by molar-refractivity contribution is 5.45. The molecular weight excluding hydrogens is 255 g/mol. The van der Waals surface area contributed by atoms with Gasteiger partial charge in [-0.2, -0.15) is 13.2 Å². The van der Waals surface area contributed by atoms with Crippen molar-refractivity contribution >= 4 is 5.69 Å². The number of piperazine rings is 1. The first kappa shape index (κ1) is 14.1. The highest BCUT2D eigenvalue weighted by atomic mass is 19.4. The molecule has 1 fully saturated rings. The molecule has 0 radical (unpaired) electrons.